The van der Waals surface area contributed by atoms with Crippen molar-refractivity contribution in [3.63, 3.8) is 0 Å². The van der Waals surface area contributed by atoms with Crippen molar-refractivity contribution in [1.29, 1.82) is 0 Å². The molecule has 0 aliphatic carbocycles. The number of rotatable bonds is 5. The van der Waals surface area contributed by atoms with E-state index in [4.69, 9.17) is 0 Å². The van der Waals surface area contributed by atoms with Gasteiger partial charge in [0, 0.05) is 0 Å². The highest BCUT2D eigenvalue weighted by atomic mass is 127. The fraction of sp³-hybridized carbons (Fsp3) is 0.172. The number of aryl methyl sites for hydroxylation is 4. The van der Waals surface area contributed by atoms with Gasteiger partial charge >= 0.3 is 0 Å². The summed E-state index contributed by atoms with van der Waals surface area (Å²) in [7, 11) is -1.85. The van der Waals surface area contributed by atoms with Gasteiger partial charge in [0.1, 0.15) is 23.2 Å². The summed E-state index contributed by atoms with van der Waals surface area (Å²) in [5.74, 6) is 0. The molecule has 0 radical (unpaired) electrons. The van der Waals surface area contributed by atoms with E-state index in [9.17, 15) is 0 Å². The lowest BCUT2D eigenvalue weighted by molar-refractivity contribution is -0.00000621. The monoisotopic (exact) mass is 536 g/mol. The molecule has 4 aromatic rings. The Morgan fingerprint density at radius 3 is 0.968 bits per heavy atom. The third kappa shape index (κ3) is 5.10. The van der Waals surface area contributed by atoms with E-state index in [0.717, 1.165) is 6.16 Å². The van der Waals surface area contributed by atoms with Gasteiger partial charge in [0.15, 0.2) is 0 Å². The molecule has 0 N–H and O–H groups in total. The molecule has 4 rings (SSSR count). The third-order valence-electron chi connectivity index (χ3n) is 5.96. The lowest BCUT2D eigenvalue weighted by Gasteiger charge is -2.28. The van der Waals surface area contributed by atoms with Crippen LogP contribution in [0.25, 0.3) is 0 Å². The largest absolute Gasteiger partial charge is 1.00 e. The maximum atomic E-state index is 2.36. The highest BCUT2D eigenvalue weighted by Crippen LogP contribution is 2.58. The molecule has 0 atom stereocenters. The first-order valence-electron chi connectivity index (χ1n) is 10.6. The number of benzene rings is 4. The Morgan fingerprint density at radius 1 is 0.419 bits per heavy atom. The van der Waals surface area contributed by atoms with E-state index in [1.807, 2.05) is 0 Å². The summed E-state index contributed by atoms with van der Waals surface area (Å²) >= 11 is 0. The SMILES string of the molecule is Cc1ccc(C[P+](c2ccc(C)cc2)(c2ccc(C)cc2)c2ccc(C)cc2)cc1.[I-]. The van der Waals surface area contributed by atoms with Crippen molar-refractivity contribution < 1.29 is 24.0 Å². The van der Waals surface area contributed by atoms with E-state index in [2.05, 4.69) is 125 Å². The average molecular weight is 536 g/mol. The minimum absolute atomic E-state index is 0. The van der Waals surface area contributed by atoms with Crippen LogP contribution in [0, 0.1) is 27.7 Å². The standard InChI is InChI=1S/C29H30P.HI/c1-22-5-13-26(14-6-22)21-30(27-15-7-23(2)8-16-27,28-17-9-24(3)10-18-28)29-19-11-25(4)12-20-29;/h5-20H,21H2,1-4H3;1H/q+1;/p-1. The molecule has 0 aromatic heterocycles. The van der Waals surface area contributed by atoms with Gasteiger partial charge in [-0.1, -0.05) is 82.9 Å². The molecule has 0 amide bonds. The second-order valence-corrected chi connectivity index (χ2v) is 11.9. The molecule has 0 spiro atoms. The fourth-order valence-corrected chi connectivity index (χ4v) is 8.26. The Hall–Kier alpha value is -1.96. The summed E-state index contributed by atoms with van der Waals surface area (Å²) in [6.07, 6.45) is 1.03. The quantitative estimate of drug-likeness (QED) is 0.271. The van der Waals surface area contributed by atoms with Crippen LogP contribution in [-0.4, -0.2) is 0 Å². The maximum absolute atomic E-state index is 2.36. The number of hydrogen-bond donors (Lipinski definition) is 0. The Balaban J connectivity index is 0.00000272. The smallest absolute Gasteiger partial charge is 0.116 e. The highest BCUT2D eigenvalue weighted by Gasteiger charge is 2.45. The second-order valence-electron chi connectivity index (χ2n) is 8.46. The van der Waals surface area contributed by atoms with E-state index in [1.54, 1.807) is 0 Å². The van der Waals surface area contributed by atoms with Crippen LogP contribution in [-0.2, 0) is 6.16 Å². The van der Waals surface area contributed by atoms with Crippen LogP contribution < -0.4 is 39.9 Å². The molecule has 0 nitrogen and oxygen atoms in total. The first kappa shape index (κ1) is 23.7. The van der Waals surface area contributed by atoms with E-state index >= 15 is 0 Å². The molecule has 0 bridgehead atoms. The molecular weight excluding hydrogens is 506 g/mol. The molecule has 0 saturated heterocycles. The first-order valence-corrected chi connectivity index (χ1v) is 12.6. The van der Waals surface area contributed by atoms with Gasteiger partial charge in [-0.25, -0.2) is 0 Å². The second kappa shape index (κ2) is 10.1. The van der Waals surface area contributed by atoms with Gasteiger partial charge < -0.3 is 24.0 Å². The van der Waals surface area contributed by atoms with Crippen LogP contribution in [0.3, 0.4) is 0 Å². The zero-order chi connectivity index (χ0) is 21.1. The van der Waals surface area contributed by atoms with E-state index in [0.29, 0.717) is 0 Å². The van der Waals surface area contributed by atoms with Gasteiger partial charge in [-0.3, -0.25) is 0 Å². The molecule has 0 fully saturated rings. The summed E-state index contributed by atoms with van der Waals surface area (Å²) in [6, 6.07) is 36.8. The minimum atomic E-state index is -1.85. The molecular formula is C29H30IP. The predicted octanol–water partition coefficient (Wildman–Crippen LogP) is 3.42. The first-order chi connectivity index (χ1) is 14.5. The third-order valence-corrected chi connectivity index (χ3v) is 10.3. The molecule has 0 saturated carbocycles. The normalized spacial score (nSPS) is 11.1. The van der Waals surface area contributed by atoms with Crippen LogP contribution in [0.1, 0.15) is 27.8 Å². The van der Waals surface area contributed by atoms with E-state index < -0.39 is 7.26 Å². The summed E-state index contributed by atoms with van der Waals surface area (Å²) in [6.45, 7) is 8.66. The van der Waals surface area contributed by atoms with Crippen LogP contribution >= 0.6 is 7.26 Å². The van der Waals surface area contributed by atoms with E-state index in [-0.39, 0.29) is 24.0 Å². The zero-order valence-corrected chi connectivity index (χ0v) is 21.8. The van der Waals surface area contributed by atoms with Gasteiger partial charge in [-0.05, 0) is 69.7 Å². The van der Waals surface area contributed by atoms with Gasteiger partial charge in [-0.2, -0.15) is 0 Å². The molecule has 2 heteroatoms. The van der Waals surface area contributed by atoms with Gasteiger partial charge in [0.2, 0.25) is 0 Å². The van der Waals surface area contributed by atoms with Crippen molar-refractivity contribution >= 4 is 23.2 Å². The number of hydrogen-bond acceptors (Lipinski definition) is 0. The van der Waals surface area contributed by atoms with Crippen molar-refractivity contribution in [2.45, 2.75) is 33.9 Å². The fourth-order valence-electron chi connectivity index (χ4n) is 4.09. The molecule has 0 aliphatic heterocycles. The summed E-state index contributed by atoms with van der Waals surface area (Å²) in [5.41, 5.74) is 6.62. The average Bonchev–Trinajstić information content (AvgIpc) is 2.75. The molecule has 158 valence electrons. The van der Waals surface area contributed by atoms with Crippen molar-refractivity contribution in [3.05, 3.63) is 125 Å². The molecule has 0 heterocycles. The topological polar surface area (TPSA) is 0 Å². The molecule has 0 unspecified atom stereocenters. The van der Waals surface area contributed by atoms with Crippen LogP contribution in [0.2, 0.25) is 0 Å². The van der Waals surface area contributed by atoms with Gasteiger partial charge in [0.05, 0.1) is 6.16 Å². The van der Waals surface area contributed by atoms with Crippen LogP contribution in [0.4, 0.5) is 0 Å². The van der Waals surface area contributed by atoms with Crippen LogP contribution in [0.15, 0.2) is 97.1 Å². The molecule has 0 aliphatic rings. The summed E-state index contributed by atoms with van der Waals surface area (Å²) in [4.78, 5) is 0. The summed E-state index contributed by atoms with van der Waals surface area (Å²) < 4.78 is 0. The zero-order valence-electron chi connectivity index (χ0n) is 18.8. The molecule has 31 heavy (non-hydrogen) atoms. The van der Waals surface area contributed by atoms with Crippen molar-refractivity contribution in [2.24, 2.45) is 0 Å². The van der Waals surface area contributed by atoms with E-state index in [1.165, 1.54) is 43.7 Å². The lowest BCUT2D eigenvalue weighted by atomic mass is 10.2. The Labute approximate surface area is 205 Å². The van der Waals surface area contributed by atoms with Gasteiger partial charge in [0.25, 0.3) is 0 Å². The Morgan fingerprint density at radius 2 is 0.677 bits per heavy atom. The minimum Gasteiger partial charge on any atom is -1.00 e. The van der Waals surface area contributed by atoms with Crippen molar-refractivity contribution in [2.75, 3.05) is 0 Å². The molecule has 4 aromatic carbocycles. The summed E-state index contributed by atoms with van der Waals surface area (Å²) in [5, 5.41) is 4.34. The van der Waals surface area contributed by atoms with Crippen molar-refractivity contribution in [1.82, 2.24) is 0 Å². The van der Waals surface area contributed by atoms with Gasteiger partial charge in [-0.15, -0.1) is 0 Å². The maximum Gasteiger partial charge on any atom is 0.116 e. The Bertz CT molecular complexity index is 999. The number of halogens is 1. The highest BCUT2D eigenvalue weighted by molar-refractivity contribution is 7.95. The lowest BCUT2D eigenvalue weighted by Crippen LogP contribution is -3.00. The predicted molar refractivity (Wildman–Crippen MR) is 134 cm³/mol. The van der Waals surface area contributed by atoms with Crippen molar-refractivity contribution in [3.8, 4) is 0 Å². The van der Waals surface area contributed by atoms with Crippen LogP contribution in [0.5, 0.6) is 0 Å². The Kier molecular flexibility index (Phi) is 7.73.